The van der Waals surface area contributed by atoms with E-state index in [4.69, 9.17) is 39.9 Å². The van der Waals surface area contributed by atoms with E-state index in [-0.39, 0.29) is 34.5 Å². The number of carboxylic acids is 1. The zero-order valence-corrected chi connectivity index (χ0v) is 21.2. The Kier molecular flexibility index (Phi) is 11.1. The van der Waals surface area contributed by atoms with E-state index in [1.54, 1.807) is 12.1 Å². The van der Waals surface area contributed by atoms with Crippen LogP contribution in [0.3, 0.4) is 0 Å². The molecule has 0 heterocycles. The van der Waals surface area contributed by atoms with Crippen molar-refractivity contribution < 1.29 is 27.9 Å². The lowest BCUT2D eigenvalue weighted by atomic mass is 10.1. The molecule has 0 saturated carbocycles. The first-order valence-corrected chi connectivity index (χ1v) is 12.0. The van der Waals surface area contributed by atoms with Crippen molar-refractivity contribution in [3.8, 4) is 0 Å². The molecule has 2 N–H and O–H groups in total. The summed E-state index contributed by atoms with van der Waals surface area (Å²) in [6, 6.07) is 8.92. The van der Waals surface area contributed by atoms with Crippen LogP contribution in [0.25, 0.3) is 0 Å². The molecule has 2 aromatic carbocycles. The highest BCUT2D eigenvalue weighted by molar-refractivity contribution is 6.36. The van der Waals surface area contributed by atoms with E-state index < -0.39 is 23.6 Å². The average Bonchev–Trinajstić information content (AvgIpc) is 2.77. The Morgan fingerprint density at radius 1 is 1.03 bits per heavy atom. The second-order valence-corrected chi connectivity index (χ2v) is 9.31. The van der Waals surface area contributed by atoms with Crippen LogP contribution < -0.4 is 5.32 Å². The lowest BCUT2D eigenvalue weighted by Crippen LogP contribution is -2.33. The number of nitrogens with one attached hydrogen (secondary N) is 1. The molecule has 0 bridgehead atoms. The van der Waals surface area contributed by atoms with Crippen molar-refractivity contribution >= 4 is 46.7 Å². The van der Waals surface area contributed by atoms with Gasteiger partial charge in [-0.2, -0.15) is 13.2 Å². The highest BCUT2D eigenvalue weighted by Crippen LogP contribution is 2.36. The van der Waals surface area contributed by atoms with Crippen molar-refractivity contribution in [3.05, 3.63) is 68.2 Å². The number of halogens is 6. The van der Waals surface area contributed by atoms with Crippen molar-refractivity contribution in [2.45, 2.75) is 44.8 Å². The number of hydrogen-bond acceptors (Lipinski definition) is 3. The summed E-state index contributed by atoms with van der Waals surface area (Å²) in [7, 11) is 0. The zero-order valence-electron chi connectivity index (χ0n) is 19.0. The number of hydrogen-bond donors (Lipinski definition) is 2. The molecular formula is C24H26Cl3F3N2O3. The summed E-state index contributed by atoms with van der Waals surface area (Å²) >= 11 is 17.8. The molecule has 0 aliphatic rings. The summed E-state index contributed by atoms with van der Waals surface area (Å²) in [5, 5.41) is 11.9. The Morgan fingerprint density at radius 2 is 1.60 bits per heavy atom. The Balaban J connectivity index is 1.92. The fraction of sp³-hybridized carbons (Fsp3) is 0.417. The predicted octanol–water partition coefficient (Wildman–Crippen LogP) is 6.64. The van der Waals surface area contributed by atoms with Crippen molar-refractivity contribution in [1.82, 2.24) is 10.2 Å². The van der Waals surface area contributed by atoms with Gasteiger partial charge in [0.25, 0.3) is 0 Å². The van der Waals surface area contributed by atoms with E-state index in [9.17, 15) is 22.8 Å². The van der Waals surface area contributed by atoms with Gasteiger partial charge in [-0.1, -0.05) is 46.9 Å². The highest BCUT2D eigenvalue weighted by Gasteiger charge is 2.32. The number of alkyl halides is 3. The minimum Gasteiger partial charge on any atom is -0.481 e. The van der Waals surface area contributed by atoms with Crippen LogP contribution in [0.1, 0.15) is 48.9 Å². The van der Waals surface area contributed by atoms with Crippen LogP contribution in [0.15, 0.2) is 36.4 Å². The van der Waals surface area contributed by atoms with Gasteiger partial charge >= 0.3 is 12.1 Å². The zero-order chi connectivity index (χ0) is 26.2. The van der Waals surface area contributed by atoms with Gasteiger partial charge in [0.1, 0.15) is 0 Å². The maximum Gasteiger partial charge on any atom is 0.416 e. The topological polar surface area (TPSA) is 69.6 Å². The van der Waals surface area contributed by atoms with Gasteiger partial charge in [0.15, 0.2) is 0 Å². The van der Waals surface area contributed by atoms with Crippen molar-refractivity contribution in [1.29, 1.82) is 0 Å². The van der Waals surface area contributed by atoms with Crippen LogP contribution in [0.2, 0.25) is 15.1 Å². The van der Waals surface area contributed by atoms with Gasteiger partial charge in [0, 0.05) is 40.6 Å². The number of carbonyl (C=O) groups excluding carboxylic acids is 1. The van der Waals surface area contributed by atoms with Crippen LogP contribution in [-0.4, -0.2) is 41.5 Å². The smallest absolute Gasteiger partial charge is 0.416 e. The Morgan fingerprint density at radius 3 is 2.14 bits per heavy atom. The predicted molar refractivity (Wildman–Crippen MR) is 131 cm³/mol. The van der Waals surface area contributed by atoms with Gasteiger partial charge in [-0.3, -0.25) is 14.5 Å². The first-order chi connectivity index (χ1) is 16.4. The largest absolute Gasteiger partial charge is 0.481 e. The SMILES string of the molecule is CC(c1ccc(Cl)cc1)N(CCCNC(=O)Cc1c(Cl)cc(C(F)(F)F)cc1Cl)CCCC(=O)O. The molecule has 2 rings (SSSR count). The average molecular weight is 554 g/mol. The normalized spacial score (nSPS) is 12.6. The van der Waals surface area contributed by atoms with Crippen molar-refractivity contribution in [3.63, 3.8) is 0 Å². The van der Waals surface area contributed by atoms with Crippen LogP contribution in [-0.2, 0) is 22.2 Å². The molecule has 0 radical (unpaired) electrons. The molecular weight excluding hydrogens is 528 g/mol. The first kappa shape index (κ1) is 29.2. The molecule has 1 unspecified atom stereocenters. The number of carbonyl (C=O) groups is 2. The first-order valence-electron chi connectivity index (χ1n) is 10.9. The molecule has 0 aromatic heterocycles. The molecule has 0 fully saturated rings. The summed E-state index contributed by atoms with van der Waals surface area (Å²) in [6.07, 6.45) is -3.74. The van der Waals surface area contributed by atoms with Gasteiger partial charge in [0.05, 0.1) is 12.0 Å². The number of carboxylic acid groups (broad SMARTS) is 1. The molecule has 0 aliphatic carbocycles. The van der Waals surface area contributed by atoms with Gasteiger partial charge in [-0.15, -0.1) is 0 Å². The van der Waals surface area contributed by atoms with E-state index in [0.29, 0.717) is 37.5 Å². The Labute approximate surface area is 217 Å². The number of aliphatic carboxylic acids is 1. The minimum absolute atomic E-state index is 0.00141. The summed E-state index contributed by atoms with van der Waals surface area (Å²) in [5.74, 6) is -1.28. The van der Waals surface area contributed by atoms with Crippen LogP contribution in [0.5, 0.6) is 0 Å². The molecule has 1 amide bonds. The third kappa shape index (κ3) is 9.52. The summed E-state index contributed by atoms with van der Waals surface area (Å²) in [6.45, 7) is 3.47. The van der Waals surface area contributed by atoms with E-state index in [1.807, 2.05) is 19.1 Å². The fourth-order valence-corrected chi connectivity index (χ4v) is 4.30. The van der Waals surface area contributed by atoms with Crippen LogP contribution >= 0.6 is 34.8 Å². The van der Waals surface area contributed by atoms with E-state index in [1.165, 1.54) is 0 Å². The van der Waals surface area contributed by atoms with Gasteiger partial charge in [-0.05, 0) is 61.7 Å². The third-order valence-corrected chi connectivity index (χ3v) is 6.41. The van der Waals surface area contributed by atoms with Crippen molar-refractivity contribution in [2.75, 3.05) is 19.6 Å². The van der Waals surface area contributed by atoms with E-state index in [0.717, 1.165) is 17.7 Å². The molecule has 35 heavy (non-hydrogen) atoms. The van der Waals surface area contributed by atoms with E-state index >= 15 is 0 Å². The number of rotatable bonds is 12. The third-order valence-electron chi connectivity index (χ3n) is 5.49. The van der Waals surface area contributed by atoms with Gasteiger partial charge in [0.2, 0.25) is 5.91 Å². The maximum absolute atomic E-state index is 12.9. The molecule has 5 nitrogen and oxygen atoms in total. The minimum atomic E-state index is -4.59. The molecule has 192 valence electrons. The molecule has 0 spiro atoms. The quantitative estimate of drug-likeness (QED) is 0.289. The monoisotopic (exact) mass is 552 g/mol. The number of benzene rings is 2. The summed E-state index contributed by atoms with van der Waals surface area (Å²) in [5.41, 5.74) is 0.181. The van der Waals surface area contributed by atoms with Crippen LogP contribution in [0, 0.1) is 0 Å². The summed E-state index contributed by atoms with van der Waals surface area (Å²) < 4.78 is 38.6. The number of nitrogens with zero attached hydrogens (tertiary/aromatic N) is 1. The highest BCUT2D eigenvalue weighted by atomic mass is 35.5. The molecule has 2 aromatic rings. The molecule has 1 atom stereocenters. The molecule has 11 heteroatoms. The molecule has 0 aliphatic heterocycles. The van der Waals surface area contributed by atoms with E-state index in [2.05, 4.69) is 10.2 Å². The second-order valence-electron chi connectivity index (χ2n) is 8.06. The lowest BCUT2D eigenvalue weighted by Gasteiger charge is -2.29. The van der Waals surface area contributed by atoms with Gasteiger partial charge < -0.3 is 10.4 Å². The second kappa shape index (κ2) is 13.3. The molecule has 0 saturated heterocycles. The standard InChI is InChI=1S/C24H26Cl3F3N2O3/c1-15(16-5-7-18(25)8-6-16)32(10-2-4-23(34)35)11-3-9-31-22(33)14-19-20(26)12-17(13-21(19)27)24(28,29)30/h5-8,12-13,15H,2-4,9-11,14H2,1H3,(H,31,33)(H,34,35). The lowest BCUT2D eigenvalue weighted by molar-refractivity contribution is -0.138. The van der Waals surface area contributed by atoms with Crippen molar-refractivity contribution in [2.24, 2.45) is 0 Å². The number of amides is 1. The van der Waals surface area contributed by atoms with Gasteiger partial charge in [-0.25, -0.2) is 0 Å². The van der Waals surface area contributed by atoms with Crippen LogP contribution in [0.4, 0.5) is 13.2 Å². The summed E-state index contributed by atoms with van der Waals surface area (Å²) in [4.78, 5) is 25.4. The maximum atomic E-state index is 12.9. The Bertz CT molecular complexity index is 994. The Hall–Kier alpha value is -2.00. The fourth-order valence-electron chi connectivity index (χ4n) is 3.55.